The minimum absolute atomic E-state index is 0.0838. The van der Waals surface area contributed by atoms with E-state index < -0.39 is 11.7 Å². The first kappa shape index (κ1) is 9.08. The van der Waals surface area contributed by atoms with Crippen molar-refractivity contribution >= 4 is 0 Å². The van der Waals surface area contributed by atoms with Crippen LogP contribution >= 0.6 is 0 Å². The fourth-order valence-corrected chi connectivity index (χ4v) is 0.375. The third-order valence-corrected chi connectivity index (χ3v) is 0.942. The third-order valence-electron chi connectivity index (χ3n) is 0.942. The molecule has 0 N–H and O–H groups in total. The van der Waals surface area contributed by atoms with E-state index in [1.54, 1.807) is 0 Å². The van der Waals surface area contributed by atoms with Gasteiger partial charge in [-0.1, -0.05) is 13.2 Å². The summed E-state index contributed by atoms with van der Waals surface area (Å²) in [7, 11) is 0. The second-order valence-corrected chi connectivity index (χ2v) is 2.19. The van der Waals surface area contributed by atoms with Crippen LogP contribution in [0.25, 0.3) is 0 Å². The summed E-state index contributed by atoms with van der Waals surface area (Å²) in [5.41, 5.74) is 0.168. The number of rotatable bonds is 2. The van der Waals surface area contributed by atoms with Gasteiger partial charge in [-0.3, -0.25) is 0 Å². The summed E-state index contributed by atoms with van der Waals surface area (Å²) in [6.07, 6.45) is 0. The van der Waals surface area contributed by atoms with E-state index in [0.29, 0.717) is 0 Å². The Bertz CT molecular complexity index is 177. The molecule has 10 heavy (non-hydrogen) atoms. The number of hydrogen-bond donors (Lipinski definition) is 0. The van der Waals surface area contributed by atoms with Crippen LogP contribution in [0.3, 0.4) is 0 Å². The van der Waals surface area contributed by atoms with E-state index in [1.165, 1.54) is 13.8 Å². The van der Waals surface area contributed by atoms with Gasteiger partial charge in [0.1, 0.15) is 0 Å². The maximum Gasteiger partial charge on any atom is 0.161 e. The van der Waals surface area contributed by atoms with Crippen molar-refractivity contribution < 1.29 is 8.78 Å². The van der Waals surface area contributed by atoms with E-state index in [0.717, 1.165) is 0 Å². The van der Waals surface area contributed by atoms with Crippen molar-refractivity contribution in [1.82, 2.24) is 0 Å². The van der Waals surface area contributed by atoms with E-state index in [2.05, 4.69) is 13.2 Å². The first-order valence-corrected chi connectivity index (χ1v) is 2.84. The Morgan fingerprint density at radius 1 is 0.900 bits per heavy atom. The standard InChI is InChI=1S/C8H10F2/c1-5(2)7(9)8(10)6(3)4/h1,3H2,2,4H3/b8-7-. The first-order valence-electron chi connectivity index (χ1n) is 2.84. The predicted molar refractivity (Wildman–Crippen MR) is 38.9 cm³/mol. The molecule has 0 bridgehead atoms. The van der Waals surface area contributed by atoms with Crippen molar-refractivity contribution in [3.8, 4) is 0 Å². The van der Waals surface area contributed by atoms with E-state index >= 15 is 0 Å². The maximum atomic E-state index is 12.5. The molecule has 0 saturated heterocycles. The smallest absolute Gasteiger partial charge is 0.161 e. The van der Waals surface area contributed by atoms with Gasteiger partial charge in [0.15, 0.2) is 11.7 Å². The molecule has 0 aliphatic carbocycles. The molecule has 0 unspecified atom stereocenters. The van der Waals surface area contributed by atoms with E-state index in [1.807, 2.05) is 0 Å². The zero-order valence-corrected chi connectivity index (χ0v) is 6.17. The molecular formula is C8H10F2. The fourth-order valence-electron chi connectivity index (χ4n) is 0.375. The van der Waals surface area contributed by atoms with Crippen molar-refractivity contribution in [3.05, 3.63) is 36.0 Å². The molecule has 0 nitrogen and oxygen atoms in total. The molecule has 0 atom stereocenters. The van der Waals surface area contributed by atoms with Crippen molar-refractivity contribution in [1.29, 1.82) is 0 Å². The van der Waals surface area contributed by atoms with Gasteiger partial charge in [-0.25, -0.2) is 8.78 Å². The number of allylic oxidation sites excluding steroid dienone is 4. The highest BCUT2D eigenvalue weighted by Crippen LogP contribution is 2.20. The van der Waals surface area contributed by atoms with Gasteiger partial charge in [-0.2, -0.15) is 0 Å². The summed E-state index contributed by atoms with van der Waals surface area (Å²) in [4.78, 5) is 0. The van der Waals surface area contributed by atoms with E-state index in [-0.39, 0.29) is 11.1 Å². The highest BCUT2D eigenvalue weighted by molar-refractivity contribution is 5.32. The molecule has 0 aromatic heterocycles. The minimum atomic E-state index is -0.910. The molecule has 0 aliphatic rings. The molecule has 0 amide bonds. The van der Waals surface area contributed by atoms with Crippen LogP contribution in [-0.2, 0) is 0 Å². The monoisotopic (exact) mass is 144 g/mol. The predicted octanol–water partition coefficient (Wildman–Crippen LogP) is 3.29. The minimum Gasteiger partial charge on any atom is -0.203 e. The van der Waals surface area contributed by atoms with Crippen LogP contribution in [0, 0.1) is 0 Å². The molecular weight excluding hydrogens is 134 g/mol. The molecule has 0 aromatic carbocycles. The Kier molecular flexibility index (Phi) is 3.00. The average Bonchev–Trinajstić information content (AvgIpc) is 1.84. The summed E-state index contributed by atoms with van der Waals surface area (Å²) in [5, 5.41) is 0. The molecule has 0 rings (SSSR count). The molecule has 0 radical (unpaired) electrons. The van der Waals surface area contributed by atoms with Crippen LogP contribution in [-0.4, -0.2) is 0 Å². The number of halogens is 2. The quantitative estimate of drug-likeness (QED) is 0.521. The lowest BCUT2D eigenvalue weighted by Gasteiger charge is -1.97. The van der Waals surface area contributed by atoms with Crippen molar-refractivity contribution in [2.24, 2.45) is 0 Å². The summed E-state index contributed by atoms with van der Waals surface area (Å²) < 4.78 is 25.0. The topological polar surface area (TPSA) is 0 Å². The van der Waals surface area contributed by atoms with Crippen LogP contribution < -0.4 is 0 Å². The number of hydrogen-bond acceptors (Lipinski definition) is 0. The van der Waals surface area contributed by atoms with E-state index in [9.17, 15) is 8.78 Å². The highest BCUT2D eigenvalue weighted by atomic mass is 19.2. The normalized spacial score (nSPS) is 12.4. The maximum absolute atomic E-state index is 12.5. The Balaban J connectivity index is 4.67. The molecule has 0 aromatic rings. The lowest BCUT2D eigenvalue weighted by Crippen LogP contribution is -1.82. The largest absolute Gasteiger partial charge is 0.203 e. The average molecular weight is 144 g/mol. The van der Waals surface area contributed by atoms with Crippen LogP contribution in [0.2, 0.25) is 0 Å². The Hall–Kier alpha value is -0.920. The fraction of sp³-hybridized carbons (Fsp3) is 0.250. The molecule has 56 valence electrons. The van der Waals surface area contributed by atoms with Gasteiger partial charge in [0.25, 0.3) is 0 Å². The van der Waals surface area contributed by atoms with Gasteiger partial charge < -0.3 is 0 Å². The molecule has 0 saturated carbocycles. The lowest BCUT2D eigenvalue weighted by molar-refractivity contribution is 0.556. The summed E-state index contributed by atoms with van der Waals surface area (Å²) in [5.74, 6) is -1.82. The van der Waals surface area contributed by atoms with Crippen molar-refractivity contribution in [3.63, 3.8) is 0 Å². The Labute approximate surface area is 59.6 Å². The molecule has 0 heterocycles. The lowest BCUT2D eigenvalue weighted by atomic mass is 10.2. The van der Waals surface area contributed by atoms with Crippen LogP contribution in [0.1, 0.15) is 13.8 Å². The summed E-state index contributed by atoms with van der Waals surface area (Å²) in [6.45, 7) is 9.29. The third kappa shape index (κ3) is 2.13. The van der Waals surface area contributed by atoms with Gasteiger partial charge in [-0.15, -0.1) is 0 Å². The van der Waals surface area contributed by atoms with Crippen molar-refractivity contribution in [2.75, 3.05) is 0 Å². The summed E-state index contributed by atoms with van der Waals surface area (Å²) >= 11 is 0. The highest BCUT2D eigenvalue weighted by Gasteiger charge is 2.05. The van der Waals surface area contributed by atoms with Gasteiger partial charge >= 0.3 is 0 Å². The molecule has 0 aliphatic heterocycles. The second kappa shape index (κ2) is 3.30. The van der Waals surface area contributed by atoms with Gasteiger partial charge in [0.05, 0.1) is 0 Å². The molecule has 2 heteroatoms. The van der Waals surface area contributed by atoms with Gasteiger partial charge in [0.2, 0.25) is 0 Å². The molecule has 0 spiro atoms. The zero-order valence-electron chi connectivity index (χ0n) is 6.17. The Morgan fingerprint density at radius 3 is 1.20 bits per heavy atom. The SMILES string of the molecule is C=C(C)/C(F)=C(/F)C(=C)C. The van der Waals surface area contributed by atoms with Crippen molar-refractivity contribution in [2.45, 2.75) is 13.8 Å². The van der Waals surface area contributed by atoms with Crippen LogP contribution in [0.15, 0.2) is 36.0 Å². The second-order valence-electron chi connectivity index (χ2n) is 2.19. The zero-order chi connectivity index (χ0) is 8.31. The van der Waals surface area contributed by atoms with Gasteiger partial charge in [-0.05, 0) is 25.0 Å². The first-order chi connectivity index (χ1) is 4.46. The van der Waals surface area contributed by atoms with Crippen LogP contribution in [0.5, 0.6) is 0 Å². The Morgan fingerprint density at radius 2 is 1.10 bits per heavy atom. The molecule has 0 fully saturated rings. The summed E-state index contributed by atoms with van der Waals surface area (Å²) in [6, 6.07) is 0. The van der Waals surface area contributed by atoms with Crippen LogP contribution in [0.4, 0.5) is 8.78 Å². The van der Waals surface area contributed by atoms with E-state index in [4.69, 9.17) is 0 Å². The van der Waals surface area contributed by atoms with Gasteiger partial charge in [0, 0.05) is 0 Å².